The number of hydrogen-bond acceptors (Lipinski definition) is 9. The number of carbonyl (C=O) groups excluding carboxylic acids is 2. The van der Waals surface area contributed by atoms with Gasteiger partial charge in [-0.3, -0.25) is 19.2 Å². The van der Waals surface area contributed by atoms with Crippen molar-refractivity contribution in [3.63, 3.8) is 0 Å². The van der Waals surface area contributed by atoms with Crippen LogP contribution in [0.4, 0.5) is 0 Å². The van der Waals surface area contributed by atoms with E-state index in [4.69, 9.17) is 0 Å². The molecule has 0 aliphatic carbocycles. The van der Waals surface area contributed by atoms with Crippen molar-refractivity contribution < 1.29 is 19.5 Å². The van der Waals surface area contributed by atoms with Crippen LogP contribution in [0.25, 0.3) is 0 Å². The van der Waals surface area contributed by atoms with Gasteiger partial charge in [0.15, 0.2) is 4.34 Å². The van der Waals surface area contributed by atoms with Gasteiger partial charge in [0.2, 0.25) is 0 Å². The second-order valence-electron chi connectivity index (χ2n) is 6.80. The first-order valence-corrected chi connectivity index (χ1v) is 11.8. The van der Waals surface area contributed by atoms with Gasteiger partial charge in [-0.25, -0.2) is 4.79 Å². The van der Waals surface area contributed by atoms with Gasteiger partial charge in [0.25, 0.3) is 11.8 Å². The molecular formula is C17H18N6O4S3. The van der Waals surface area contributed by atoms with E-state index < -0.39 is 29.2 Å². The quantitative estimate of drug-likeness (QED) is 0.473. The highest BCUT2D eigenvalue weighted by Gasteiger charge is 2.54. The van der Waals surface area contributed by atoms with Crippen molar-refractivity contribution >= 4 is 52.6 Å². The van der Waals surface area contributed by atoms with Crippen LogP contribution < -0.4 is 5.32 Å². The number of rotatable bonds is 6. The number of hydrogen-bond donors (Lipinski definition) is 2. The average Bonchev–Trinajstić information content (AvgIpc) is 3.27. The first-order valence-electron chi connectivity index (χ1n) is 8.90. The molecule has 10 nitrogen and oxygen atoms in total. The Hall–Kier alpha value is -2.38. The standard InChI is InChI=1S/C17H18N6O4S3/c1-7-10(4-22(3)21-7)13(24)18-11-14(25)23-12(16(26)27)9(5-28-15(11)23)6-29-17-20-19-8(2)30-17/h4,11,15H,5-6H2,1-3H3,(H,18,24)(H,26,27)/t11-,15-/m0/s1. The first kappa shape index (κ1) is 20.9. The lowest BCUT2D eigenvalue weighted by Gasteiger charge is -2.49. The number of carboxylic acid groups (broad SMARTS) is 1. The molecule has 30 heavy (non-hydrogen) atoms. The molecule has 158 valence electrons. The van der Waals surface area contributed by atoms with Crippen molar-refractivity contribution in [2.45, 2.75) is 29.6 Å². The van der Waals surface area contributed by atoms with Gasteiger partial charge < -0.3 is 10.4 Å². The smallest absolute Gasteiger partial charge is 0.352 e. The molecule has 4 rings (SSSR count). The molecule has 2 aliphatic rings. The van der Waals surface area contributed by atoms with Crippen molar-refractivity contribution in [1.82, 2.24) is 30.2 Å². The zero-order valence-electron chi connectivity index (χ0n) is 16.3. The van der Waals surface area contributed by atoms with Crippen molar-refractivity contribution in [2.24, 2.45) is 7.05 Å². The maximum absolute atomic E-state index is 12.7. The highest BCUT2D eigenvalue weighted by Crippen LogP contribution is 2.41. The second-order valence-corrected chi connectivity index (χ2v) is 10.3. The van der Waals surface area contributed by atoms with E-state index in [1.54, 1.807) is 20.2 Å². The molecule has 2 aromatic rings. The number of aryl methyl sites for hydroxylation is 3. The molecule has 4 heterocycles. The summed E-state index contributed by atoms with van der Waals surface area (Å²) in [5.74, 6) is -1.10. The van der Waals surface area contributed by atoms with Crippen LogP contribution in [-0.2, 0) is 16.6 Å². The lowest BCUT2D eigenvalue weighted by atomic mass is 10.0. The SMILES string of the molecule is Cc1nnc(SCC2=C(C(=O)O)N3C(=O)[C@H](NC(=O)c4cn(C)nc4C)[C@@H]3SC2)s1. The van der Waals surface area contributed by atoms with Crippen LogP contribution in [0.1, 0.15) is 21.1 Å². The number of aromatic nitrogens is 4. The van der Waals surface area contributed by atoms with Gasteiger partial charge in [-0.1, -0.05) is 23.1 Å². The maximum atomic E-state index is 12.7. The predicted molar refractivity (Wildman–Crippen MR) is 112 cm³/mol. The van der Waals surface area contributed by atoms with Gasteiger partial charge in [-0.05, 0) is 19.4 Å². The molecule has 0 bridgehead atoms. The number of amides is 2. The molecule has 2 aliphatic heterocycles. The van der Waals surface area contributed by atoms with Gasteiger partial charge in [-0.15, -0.1) is 22.0 Å². The van der Waals surface area contributed by atoms with Crippen molar-refractivity contribution in [3.8, 4) is 0 Å². The third kappa shape index (κ3) is 3.72. The van der Waals surface area contributed by atoms with E-state index in [-0.39, 0.29) is 5.70 Å². The molecule has 13 heteroatoms. The summed E-state index contributed by atoms with van der Waals surface area (Å²) in [4.78, 5) is 38.5. The number of aliphatic carboxylic acids is 1. The Morgan fingerprint density at radius 2 is 2.13 bits per heavy atom. The fourth-order valence-corrected chi connectivity index (χ4v) is 6.62. The van der Waals surface area contributed by atoms with Crippen LogP contribution in [0, 0.1) is 13.8 Å². The van der Waals surface area contributed by atoms with Crippen LogP contribution in [0.3, 0.4) is 0 Å². The zero-order valence-corrected chi connectivity index (χ0v) is 18.7. The molecule has 1 fully saturated rings. The molecular weight excluding hydrogens is 448 g/mol. The van der Waals surface area contributed by atoms with Crippen molar-refractivity contribution in [1.29, 1.82) is 0 Å². The molecule has 0 aromatic carbocycles. The minimum Gasteiger partial charge on any atom is -0.477 e. The fourth-order valence-electron chi connectivity index (χ4n) is 3.32. The van der Waals surface area contributed by atoms with Crippen LogP contribution in [0.15, 0.2) is 21.8 Å². The summed E-state index contributed by atoms with van der Waals surface area (Å²) in [5.41, 5.74) is 1.61. The third-order valence-electron chi connectivity index (χ3n) is 4.67. The monoisotopic (exact) mass is 466 g/mol. The van der Waals surface area contributed by atoms with E-state index in [2.05, 4.69) is 20.6 Å². The molecule has 2 atom stereocenters. The summed E-state index contributed by atoms with van der Waals surface area (Å²) in [6.45, 7) is 3.57. The molecule has 2 N–H and O–H groups in total. The number of carbonyl (C=O) groups is 3. The highest BCUT2D eigenvalue weighted by molar-refractivity contribution is 8.01. The Morgan fingerprint density at radius 1 is 1.37 bits per heavy atom. The number of fused-ring (bicyclic) bond motifs is 1. The minimum absolute atomic E-state index is 0.000504. The average molecular weight is 467 g/mol. The van der Waals surface area contributed by atoms with E-state index in [0.717, 1.165) is 9.35 Å². The first-order chi connectivity index (χ1) is 14.3. The van der Waals surface area contributed by atoms with Crippen LogP contribution in [-0.4, -0.2) is 70.7 Å². The molecule has 1 saturated heterocycles. The van der Waals surface area contributed by atoms with Gasteiger partial charge in [0.05, 0.1) is 11.3 Å². The number of thioether (sulfide) groups is 2. The molecule has 2 aromatic heterocycles. The topological polar surface area (TPSA) is 130 Å². The van der Waals surface area contributed by atoms with Gasteiger partial charge in [-0.2, -0.15) is 5.10 Å². The zero-order chi connectivity index (χ0) is 21.6. The Kier molecular flexibility index (Phi) is 5.59. The molecule has 0 radical (unpaired) electrons. The largest absolute Gasteiger partial charge is 0.477 e. The Morgan fingerprint density at radius 3 is 2.73 bits per heavy atom. The Bertz CT molecular complexity index is 1080. The van der Waals surface area contributed by atoms with Gasteiger partial charge in [0, 0.05) is 24.8 Å². The summed E-state index contributed by atoms with van der Waals surface area (Å²) >= 11 is 4.29. The van der Waals surface area contributed by atoms with Crippen molar-refractivity contribution in [2.75, 3.05) is 11.5 Å². The van der Waals surface area contributed by atoms with E-state index in [9.17, 15) is 19.5 Å². The molecule has 0 saturated carbocycles. The van der Waals surface area contributed by atoms with E-state index in [0.29, 0.717) is 28.3 Å². The lowest BCUT2D eigenvalue weighted by Crippen LogP contribution is -2.70. The summed E-state index contributed by atoms with van der Waals surface area (Å²) in [5, 5.41) is 25.0. The van der Waals surface area contributed by atoms with E-state index in [1.165, 1.54) is 44.4 Å². The fraction of sp³-hybridized carbons (Fsp3) is 0.412. The summed E-state index contributed by atoms with van der Waals surface area (Å²) in [7, 11) is 1.71. The lowest BCUT2D eigenvalue weighted by molar-refractivity contribution is -0.148. The number of β-lactam (4-membered cyclic amide) rings is 1. The second kappa shape index (κ2) is 8.04. The minimum atomic E-state index is -1.15. The van der Waals surface area contributed by atoms with Gasteiger partial charge in [0.1, 0.15) is 22.1 Å². The maximum Gasteiger partial charge on any atom is 0.352 e. The number of nitrogens with zero attached hydrogens (tertiary/aromatic N) is 5. The Balaban J connectivity index is 1.49. The van der Waals surface area contributed by atoms with E-state index in [1.807, 2.05) is 6.92 Å². The van der Waals surface area contributed by atoms with Crippen LogP contribution >= 0.6 is 34.9 Å². The van der Waals surface area contributed by atoms with E-state index >= 15 is 0 Å². The highest BCUT2D eigenvalue weighted by atomic mass is 32.2. The van der Waals surface area contributed by atoms with Crippen LogP contribution in [0.5, 0.6) is 0 Å². The molecule has 0 unspecified atom stereocenters. The van der Waals surface area contributed by atoms with Crippen LogP contribution in [0.2, 0.25) is 0 Å². The third-order valence-corrected chi connectivity index (χ3v) is 8.07. The predicted octanol–water partition coefficient (Wildman–Crippen LogP) is 1.03. The summed E-state index contributed by atoms with van der Waals surface area (Å²) in [6.07, 6.45) is 1.59. The van der Waals surface area contributed by atoms with Gasteiger partial charge >= 0.3 is 5.97 Å². The molecule has 0 spiro atoms. The number of carboxylic acids is 1. The molecule has 2 amide bonds. The number of nitrogens with one attached hydrogen (secondary N) is 1. The normalized spacial score (nSPS) is 20.8. The Labute approximate surface area is 184 Å². The van der Waals surface area contributed by atoms with Crippen molar-refractivity contribution in [3.05, 3.63) is 33.7 Å². The summed E-state index contributed by atoms with van der Waals surface area (Å²) < 4.78 is 2.28. The summed E-state index contributed by atoms with van der Waals surface area (Å²) in [6, 6.07) is -0.767.